The molecule has 1 rings (SSSR count). The molecule has 0 aromatic heterocycles. The molecule has 0 radical (unpaired) electrons. The monoisotopic (exact) mass is 358 g/mol. The van der Waals surface area contributed by atoms with Crippen LogP contribution in [0.3, 0.4) is 0 Å². The summed E-state index contributed by atoms with van der Waals surface area (Å²) in [5.74, 6) is 0. The molecule has 3 nitrogen and oxygen atoms in total. The fourth-order valence-electron chi connectivity index (χ4n) is 2.29. The molecule has 0 heterocycles. The van der Waals surface area contributed by atoms with Crippen molar-refractivity contribution in [2.75, 3.05) is 45.5 Å². The second-order valence-corrected chi connectivity index (χ2v) is 5.66. The third-order valence-corrected chi connectivity index (χ3v) is 4.92. The molecule has 4 heteroatoms. The van der Waals surface area contributed by atoms with Gasteiger partial charge in [-0.05, 0) is 18.4 Å². The van der Waals surface area contributed by atoms with Crippen molar-refractivity contribution in [2.45, 2.75) is 25.2 Å². The summed E-state index contributed by atoms with van der Waals surface area (Å²) in [6.07, 6.45) is 2.10. The molecule has 1 aromatic carbocycles. The largest absolute Gasteiger partial charge is 0.382 e. The smallest absolute Gasteiger partial charge is 0.0701 e. The van der Waals surface area contributed by atoms with Crippen LogP contribution in [0, 0.1) is 0 Å². The molecule has 0 aliphatic heterocycles. The Balaban J connectivity index is 2.32. The molecular formula is C17H27BrO3. The summed E-state index contributed by atoms with van der Waals surface area (Å²) in [5, 5.41) is 0.953. The van der Waals surface area contributed by atoms with Crippen LogP contribution in [-0.4, -0.2) is 45.5 Å². The quantitative estimate of drug-likeness (QED) is 0.420. The molecule has 0 saturated heterocycles. The average molecular weight is 359 g/mol. The van der Waals surface area contributed by atoms with Crippen molar-refractivity contribution in [3.63, 3.8) is 0 Å². The maximum Gasteiger partial charge on any atom is 0.0701 e. The van der Waals surface area contributed by atoms with Gasteiger partial charge in [0.25, 0.3) is 0 Å². The molecule has 0 aliphatic carbocycles. The molecule has 0 bridgehead atoms. The lowest BCUT2D eigenvalue weighted by Gasteiger charge is -2.31. The Hall–Kier alpha value is -0.420. The van der Waals surface area contributed by atoms with Gasteiger partial charge in [0, 0.05) is 24.5 Å². The number of benzene rings is 1. The van der Waals surface area contributed by atoms with Gasteiger partial charge in [0.2, 0.25) is 0 Å². The van der Waals surface area contributed by atoms with Gasteiger partial charge >= 0.3 is 0 Å². The summed E-state index contributed by atoms with van der Waals surface area (Å²) in [4.78, 5) is 0. The van der Waals surface area contributed by atoms with Crippen LogP contribution in [0.4, 0.5) is 0 Å². The van der Waals surface area contributed by atoms with Crippen LogP contribution in [0.25, 0.3) is 0 Å². The number of rotatable bonds is 12. The molecule has 0 N–H and O–H groups in total. The van der Waals surface area contributed by atoms with Crippen molar-refractivity contribution in [1.29, 1.82) is 0 Å². The van der Waals surface area contributed by atoms with Gasteiger partial charge in [-0.25, -0.2) is 0 Å². The van der Waals surface area contributed by atoms with E-state index >= 15 is 0 Å². The van der Waals surface area contributed by atoms with E-state index in [1.54, 1.807) is 7.11 Å². The first-order valence-corrected chi connectivity index (χ1v) is 8.67. The number of hydrogen-bond acceptors (Lipinski definition) is 3. The van der Waals surface area contributed by atoms with Gasteiger partial charge in [0.1, 0.15) is 0 Å². The first kappa shape index (κ1) is 18.6. The topological polar surface area (TPSA) is 27.7 Å². The minimum atomic E-state index is 0.151. The van der Waals surface area contributed by atoms with Crippen LogP contribution in [-0.2, 0) is 19.6 Å². The van der Waals surface area contributed by atoms with E-state index < -0.39 is 0 Å². The normalized spacial score (nSPS) is 14.0. The standard InChI is InChI=1S/C17H27BrO3/c1-3-17(15-18,16-7-5-4-6-8-16)9-10-20-13-14-21-12-11-19-2/h4-8H,3,9-15H2,1-2H3. The maximum absolute atomic E-state index is 5.71. The third kappa shape index (κ3) is 6.47. The van der Waals surface area contributed by atoms with E-state index in [0.717, 1.165) is 24.8 Å². The van der Waals surface area contributed by atoms with E-state index in [9.17, 15) is 0 Å². The molecule has 21 heavy (non-hydrogen) atoms. The molecule has 1 aromatic rings. The number of methoxy groups -OCH3 is 1. The van der Waals surface area contributed by atoms with Crippen LogP contribution in [0.1, 0.15) is 25.3 Å². The summed E-state index contributed by atoms with van der Waals surface area (Å²) in [7, 11) is 1.67. The molecule has 0 aliphatic rings. The van der Waals surface area contributed by atoms with E-state index in [2.05, 4.69) is 53.2 Å². The number of alkyl halides is 1. The zero-order valence-electron chi connectivity index (χ0n) is 13.1. The first-order valence-electron chi connectivity index (χ1n) is 7.55. The molecule has 1 atom stereocenters. The van der Waals surface area contributed by atoms with Crippen molar-refractivity contribution in [3.8, 4) is 0 Å². The van der Waals surface area contributed by atoms with Crippen LogP contribution in [0.15, 0.2) is 30.3 Å². The van der Waals surface area contributed by atoms with Crippen molar-refractivity contribution >= 4 is 15.9 Å². The lowest BCUT2D eigenvalue weighted by atomic mass is 9.77. The predicted molar refractivity (Wildman–Crippen MR) is 90.3 cm³/mol. The second-order valence-electron chi connectivity index (χ2n) is 5.10. The van der Waals surface area contributed by atoms with Crippen LogP contribution >= 0.6 is 15.9 Å². The van der Waals surface area contributed by atoms with Gasteiger partial charge < -0.3 is 14.2 Å². The molecule has 0 spiro atoms. The van der Waals surface area contributed by atoms with E-state index in [-0.39, 0.29) is 5.41 Å². The van der Waals surface area contributed by atoms with E-state index in [4.69, 9.17) is 14.2 Å². The summed E-state index contributed by atoms with van der Waals surface area (Å²) in [5.41, 5.74) is 1.53. The fraction of sp³-hybridized carbons (Fsp3) is 0.647. The van der Waals surface area contributed by atoms with Crippen molar-refractivity contribution in [2.24, 2.45) is 0 Å². The Morgan fingerprint density at radius 1 is 0.952 bits per heavy atom. The minimum Gasteiger partial charge on any atom is -0.382 e. The van der Waals surface area contributed by atoms with Gasteiger partial charge in [-0.15, -0.1) is 0 Å². The van der Waals surface area contributed by atoms with E-state index in [1.165, 1.54) is 5.56 Å². The lowest BCUT2D eigenvalue weighted by molar-refractivity contribution is 0.0210. The number of halogens is 1. The fourth-order valence-corrected chi connectivity index (χ4v) is 3.29. The van der Waals surface area contributed by atoms with Gasteiger partial charge in [0.05, 0.1) is 26.4 Å². The predicted octanol–water partition coefficient (Wildman–Crippen LogP) is 3.80. The number of ether oxygens (including phenoxy) is 3. The average Bonchev–Trinajstić information content (AvgIpc) is 2.55. The Kier molecular flexibility index (Phi) is 9.92. The van der Waals surface area contributed by atoms with Gasteiger partial charge in [-0.2, -0.15) is 0 Å². The van der Waals surface area contributed by atoms with Crippen LogP contribution in [0.2, 0.25) is 0 Å². The Bertz CT molecular complexity index is 352. The molecular weight excluding hydrogens is 332 g/mol. The van der Waals surface area contributed by atoms with E-state index in [1.807, 2.05) is 0 Å². The SMILES string of the molecule is CCC(CBr)(CCOCCOCCOC)c1ccccc1. The summed E-state index contributed by atoms with van der Waals surface area (Å²) < 4.78 is 16.0. The summed E-state index contributed by atoms with van der Waals surface area (Å²) >= 11 is 3.69. The molecule has 0 amide bonds. The molecule has 1 unspecified atom stereocenters. The van der Waals surface area contributed by atoms with Gasteiger partial charge in [-0.3, -0.25) is 0 Å². The zero-order chi connectivity index (χ0) is 15.4. The Labute approximate surface area is 137 Å². The highest BCUT2D eigenvalue weighted by Gasteiger charge is 2.28. The maximum atomic E-state index is 5.71. The van der Waals surface area contributed by atoms with Gasteiger partial charge in [0.15, 0.2) is 0 Å². The van der Waals surface area contributed by atoms with Gasteiger partial charge in [-0.1, -0.05) is 53.2 Å². The number of hydrogen-bond donors (Lipinski definition) is 0. The molecule has 0 saturated carbocycles. The zero-order valence-corrected chi connectivity index (χ0v) is 14.7. The van der Waals surface area contributed by atoms with E-state index in [0.29, 0.717) is 26.4 Å². The lowest BCUT2D eigenvalue weighted by Crippen LogP contribution is -2.29. The second kappa shape index (κ2) is 11.2. The van der Waals surface area contributed by atoms with Crippen molar-refractivity contribution in [1.82, 2.24) is 0 Å². The minimum absolute atomic E-state index is 0.151. The van der Waals surface area contributed by atoms with Crippen molar-refractivity contribution in [3.05, 3.63) is 35.9 Å². The van der Waals surface area contributed by atoms with Crippen LogP contribution < -0.4 is 0 Å². The first-order chi connectivity index (χ1) is 10.3. The highest BCUT2D eigenvalue weighted by atomic mass is 79.9. The van der Waals surface area contributed by atoms with Crippen molar-refractivity contribution < 1.29 is 14.2 Å². The summed E-state index contributed by atoms with van der Waals surface area (Å²) in [6, 6.07) is 10.7. The molecule has 120 valence electrons. The Morgan fingerprint density at radius 2 is 1.57 bits per heavy atom. The highest BCUT2D eigenvalue weighted by molar-refractivity contribution is 9.09. The third-order valence-electron chi connectivity index (χ3n) is 3.85. The summed E-state index contributed by atoms with van der Waals surface area (Å²) in [6.45, 7) is 5.52. The highest BCUT2D eigenvalue weighted by Crippen LogP contribution is 2.33. The van der Waals surface area contributed by atoms with Crippen LogP contribution in [0.5, 0.6) is 0 Å². The Morgan fingerprint density at radius 3 is 2.14 bits per heavy atom. The molecule has 0 fully saturated rings.